The van der Waals surface area contributed by atoms with Crippen LogP contribution in [-0.2, 0) is 17.9 Å². The molecule has 2 aromatic rings. The Bertz CT molecular complexity index is 548. The second-order valence-corrected chi connectivity index (χ2v) is 5.49. The van der Waals surface area contributed by atoms with Crippen molar-refractivity contribution in [2.75, 3.05) is 6.54 Å². The molecular weight excluding hydrogens is 330 g/mol. The highest BCUT2D eigenvalue weighted by molar-refractivity contribution is 9.10. The van der Waals surface area contributed by atoms with E-state index in [9.17, 15) is 4.79 Å². The van der Waals surface area contributed by atoms with Crippen molar-refractivity contribution >= 4 is 33.4 Å². The van der Waals surface area contributed by atoms with Gasteiger partial charge in [-0.2, -0.15) is 0 Å². The number of carboxylic acid groups (broad SMARTS) is 1. The van der Waals surface area contributed by atoms with Crippen molar-refractivity contribution in [3.05, 3.63) is 45.4 Å². The number of nitrogens with zero attached hydrogens (tertiary/aromatic N) is 3. The number of carbonyl (C=O) groups is 1. The second-order valence-electron chi connectivity index (χ2n) is 4.03. The Kier molecular flexibility index (Phi) is 5.00. The molecule has 5 nitrogen and oxygen atoms in total. The number of aliphatic carboxylic acids is 1. The van der Waals surface area contributed by atoms with Gasteiger partial charge in [-0.15, -0.1) is 5.10 Å². The lowest BCUT2D eigenvalue weighted by molar-refractivity contribution is -0.138. The van der Waals surface area contributed by atoms with E-state index in [1.807, 2.05) is 34.5 Å². The summed E-state index contributed by atoms with van der Waals surface area (Å²) in [5.41, 5.74) is 1.84. The Labute approximate surface area is 123 Å². The molecule has 0 radical (unpaired) electrons. The summed E-state index contributed by atoms with van der Waals surface area (Å²) in [6.07, 6.45) is 0. The topological polar surface area (TPSA) is 66.3 Å². The molecule has 0 aliphatic carbocycles. The molecule has 0 bridgehead atoms. The van der Waals surface area contributed by atoms with E-state index in [2.05, 4.69) is 25.5 Å². The molecule has 0 saturated carbocycles. The maximum Gasteiger partial charge on any atom is 0.317 e. The Hall–Kier alpha value is -1.31. The molecule has 1 N–H and O–H groups in total. The standard InChI is InChI=1S/C12H12BrN3O2S/c13-11-4-2-1-3-9(11)5-16(7-12(17)18)6-10-8-19-15-14-10/h1-4,8H,5-7H2,(H,17,18). The molecule has 0 fully saturated rings. The first-order chi connectivity index (χ1) is 9.15. The normalized spacial score (nSPS) is 10.8. The number of carboxylic acids is 1. The third kappa shape index (κ3) is 4.38. The molecule has 1 aromatic heterocycles. The minimum Gasteiger partial charge on any atom is -0.480 e. The van der Waals surface area contributed by atoms with E-state index >= 15 is 0 Å². The number of aromatic nitrogens is 2. The van der Waals surface area contributed by atoms with Crippen molar-refractivity contribution in [2.24, 2.45) is 0 Å². The maximum atomic E-state index is 10.9. The van der Waals surface area contributed by atoms with Crippen LogP contribution in [0, 0.1) is 0 Å². The largest absolute Gasteiger partial charge is 0.480 e. The quantitative estimate of drug-likeness (QED) is 0.873. The Morgan fingerprint density at radius 2 is 2.16 bits per heavy atom. The molecule has 100 valence electrons. The van der Waals surface area contributed by atoms with Gasteiger partial charge in [-0.3, -0.25) is 9.69 Å². The summed E-state index contributed by atoms with van der Waals surface area (Å²) in [6.45, 7) is 0.994. The lowest BCUT2D eigenvalue weighted by Crippen LogP contribution is -2.29. The first-order valence-corrected chi connectivity index (χ1v) is 7.21. The summed E-state index contributed by atoms with van der Waals surface area (Å²) in [4.78, 5) is 12.7. The zero-order valence-electron chi connectivity index (χ0n) is 9.99. The molecular formula is C12H12BrN3O2S. The second kappa shape index (κ2) is 6.74. The molecule has 0 unspecified atom stereocenters. The van der Waals surface area contributed by atoms with Crippen LogP contribution in [0.4, 0.5) is 0 Å². The SMILES string of the molecule is O=C(O)CN(Cc1csnn1)Cc1ccccc1Br. The van der Waals surface area contributed by atoms with Gasteiger partial charge >= 0.3 is 5.97 Å². The first-order valence-electron chi connectivity index (χ1n) is 5.58. The molecule has 0 atom stereocenters. The van der Waals surface area contributed by atoms with Gasteiger partial charge in [0.1, 0.15) is 0 Å². The van der Waals surface area contributed by atoms with Crippen LogP contribution in [0.25, 0.3) is 0 Å². The van der Waals surface area contributed by atoms with Gasteiger partial charge in [0.05, 0.1) is 12.2 Å². The van der Waals surface area contributed by atoms with E-state index in [1.165, 1.54) is 11.5 Å². The van der Waals surface area contributed by atoms with Gasteiger partial charge in [-0.05, 0) is 23.2 Å². The molecule has 0 saturated heterocycles. The van der Waals surface area contributed by atoms with Crippen LogP contribution in [0.15, 0.2) is 34.1 Å². The number of rotatable bonds is 6. The number of hydrogen-bond donors (Lipinski definition) is 1. The van der Waals surface area contributed by atoms with E-state index in [-0.39, 0.29) is 6.54 Å². The molecule has 1 heterocycles. The van der Waals surface area contributed by atoms with Crippen LogP contribution >= 0.6 is 27.5 Å². The third-order valence-electron chi connectivity index (χ3n) is 2.50. The van der Waals surface area contributed by atoms with Crippen LogP contribution < -0.4 is 0 Å². The van der Waals surface area contributed by atoms with Crippen LogP contribution in [0.1, 0.15) is 11.3 Å². The van der Waals surface area contributed by atoms with Gasteiger partial charge in [0, 0.05) is 22.9 Å². The maximum absolute atomic E-state index is 10.9. The van der Waals surface area contributed by atoms with Gasteiger partial charge in [-0.25, -0.2) is 0 Å². The summed E-state index contributed by atoms with van der Waals surface area (Å²) in [5.74, 6) is -0.852. The predicted octanol–water partition coefficient (Wildman–Crippen LogP) is 2.39. The van der Waals surface area contributed by atoms with Gasteiger partial charge in [0.2, 0.25) is 0 Å². The molecule has 19 heavy (non-hydrogen) atoms. The average molecular weight is 342 g/mol. The summed E-state index contributed by atoms with van der Waals surface area (Å²) in [7, 11) is 0. The highest BCUT2D eigenvalue weighted by atomic mass is 79.9. The third-order valence-corrected chi connectivity index (χ3v) is 3.83. The fourth-order valence-electron chi connectivity index (χ4n) is 1.71. The molecule has 1 aromatic carbocycles. The van der Waals surface area contributed by atoms with Crippen LogP contribution in [0.2, 0.25) is 0 Å². The molecule has 7 heteroatoms. The zero-order chi connectivity index (χ0) is 13.7. The van der Waals surface area contributed by atoms with Gasteiger partial charge in [0.15, 0.2) is 0 Å². The minimum absolute atomic E-state index is 0.0289. The van der Waals surface area contributed by atoms with E-state index in [0.29, 0.717) is 13.1 Å². The molecule has 0 amide bonds. The predicted molar refractivity (Wildman–Crippen MR) is 75.8 cm³/mol. The van der Waals surface area contributed by atoms with Gasteiger partial charge in [-0.1, -0.05) is 38.6 Å². The minimum atomic E-state index is -0.852. The van der Waals surface area contributed by atoms with Crippen LogP contribution in [-0.4, -0.2) is 32.1 Å². The Balaban J connectivity index is 2.09. The van der Waals surface area contributed by atoms with Crippen molar-refractivity contribution in [1.29, 1.82) is 0 Å². The van der Waals surface area contributed by atoms with E-state index in [1.54, 1.807) is 0 Å². The first kappa shape index (κ1) is 14.1. The molecule has 0 aliphatic heterocycles. The summed E-state index contributed by atoms with van der Waals surface area (Å²) >= 11 is 4.73. The summed E-state index contributed by atoms with van der Waals surface area (Å²) in [6, 6.07) is 7.78. The van der Waals surface area contributed by atoms with Crippen molar-refractivity contribution in [3.8, 4) is 0 Å². The number of hydrogen-bond acceptors (Lipinski definition) is 5. The van der Waals surface area contributed by atoms with Gasteiger partial charge in [0.25, 0.3) is 0 Å². The lowest BCUT2D eigenvalue weighted by atomic mass is 10.2. The van der Waals surface area contributed by atoms with Crippen molar-refractivity contribution in [1.82, 2.24) is 14.5 Å². The average Bonchev–Trinajstić information content (AvgIpc) is 2.84. The molecule has 0 spiro atoms. The van der Waals surface area contributed by atoms with E-state index in [0.717, 1.165) is 15.7 Å². The fraction of sp³-hybridized carbons (Fsp3) is 0.250. The Morgan fingerprint density at radius 3 is 2.79 bits per heavy atom. The van der Waals surface area contributed by atoms with Crippen molar-refractivity contribution in [3.63, 3.8) is 0 Å². The molecule has 2 rings (SSSR count). The number of benzene rings is 1. The van der Waals surface area contributed by atoms with Crippen LogP contribution in [0.3, 0.4) is 0 Å². The van der Waals surface area contributed by atoms with Gasteiger partial charge < -0.3 is 5.11 Å². The monoisotopic (exact) mass is 341 g/mol. The van der Waals surface area contributed by atoms with E-state index in [4.69, 9.17) is 5.11 Å². The summed E-state index contributed by atoms with van der Waals surface area (Å²) in [5, 5.41) is 14.8. The van der Waals surface area contributed by atoms with Crippen molar-refractivity contribution < 1.29 is 9.90 Å². The van der Waals surface area contributed by atoms with E-state index < -0.39 is 5.97 Å². The zero-order valence-corrected chi connectivity index (χ0v) is 12.4. The van der Waals surface area contributed by atoms with Crippen molar-refractivity contribution in [2.45, 2.75) is 13.1 Å². The Morgan fingerprint density at radius 1 is 1.37 bits per heavy atom. The summed E-state index contributed by atoms with van der Waals surface area (Å²) < 4.78 is 4.76. The smallest absolute Gasteiger partial charge is 0.317 e. The highest BCUT2D eigenvalue weighted by Crippen LogP contribution is 2.18. The fourth-order valence-corrected chi connectivity index (χ4v) is 2.56. The van der Waals surface area contributed by atoms with Crippen LogP contribution in [0.5, 0.6) is 0 Å². The highest BCUT2D eigenvalue weighted by Gasteiger charge is 2.13. The number of halogens is 1. The molecule has 0 aliphatic rings. The lowest BCUT2D eigenvalue weighted by Gasteiger charge is -2.19.